The first kappa shape index (κ1) is 20.4. The van der Waals surface area contributed by atoms with Gasteiger partial charge in [0.15, 0.2) is 5.69 Å². The fraction of sp³-hybridized carbons (Fsp3) is 0.412. The predicted octanol–water partition coefficient (Wildman–Crippen LogP) is 4.98. The van der Waals surface area contributed by atoms with Gasteiger partial charge in [-0.2, -0.15) is 27.1 Å². The smallest absolute Gasteiger partial charge is 0.435 e. The minimum atomic E-state index is -4.72. The molecule has 1 aliphatic rings. The highest BCUT2D eigenvalue weighted by Gasteiger charge is 2.42. The summed E-state index contributed by atoms with van der Waals surface area (Å²) in [6.07, 6.45) is -3.37. The van der Waals surface area contributed by atoms with E-state index in [-0.39, 0.29) is 17.4 Å². The van der Waals surface area contributed by atoms with Crippen molar-refractivity contribution >= 4 is 23.2 Å². The van der Waals surface area contributed by atoms with Crippen LogP contribution in [0.1, 0.15) is 35.7 Å². The second kappa shape index (κ2) is 7.57. The number of amides is 1. The number of hydrogen-bond acceptors (Lipinski definition) is 3. The number of rotatable bonds is 6. The highest BCUT2D eigenvalue weighted by molar-refractivity contribution is 6.32. The van der Waals surface area contributed by atoms with Gasteiger partial charge in [-0.15, -0.1) is 0 Å². The molecule has 1 aromatic carbocycles. The van der Waals surface area contributed by atoms with Gasteiger partial charge in [-0.25, -0.2) is 0 Å². The lowest BCUT2D eigenvalue weighted by molar-refractivity contribution is -0.141. The quantitative estimate of drug-likeness (QED) is 0.667. The summed E-state index contributed by atoms with van der Waals surface area (Å²) >= 11 is 5.87. The zero-order valence-electron chi connectivity index (χ0n) is 14.5. The number of carbonyl (C=O) groups excluding carboxylic acids is 1. The van der Waals surface area contributed by atoms with Gasteiger partial charge < -0.3 is 10.1 Å². The number of aromatic nitrogens is 2. The number of benzene rings is 1. The summed E-state index contributed by atoms with van der Waals surface area (Å²) in [5.41, 5.74) is -0.257. The van der Waals surface area contributed by atoms with Crippen molar-refractivity contribution in [1.82, 2.24) is 9.78 Å². The third-order valence-electron chi connectivity index (χ3n) is 4.15. The van der Waals surface area contributed by atoms with E-state index in [0.717, 1.165) is 4.68 Å². The molecule has 1 N–H and O–H groups in total. The first-order valence-electron chi connectivity index (χ1n) is 8.25. The maximum Gasteiger partial charge on any atom is 0.436 e. The number of carbonyl (C=O) groups is 1. The van der Waals surface area contributed by atoms with Crippen molar-refractivity contribution in [2.75, 3.05) is 5.32 Å². The monoisotopic (exact) mass is 423 g/mol. The fourth-order valence-electron chi connectivity index (χ4n) is 2.78. The van der Waals surface area contributed by atoms with Gasteiger partial charge in [0.25, 0.3) is 0 Å². The van der Waals surface area contributed by atoms with Crippen molar-refractivity contribution in [3.63, 3.8) is 0 Å². The van der Waals surface area contributed by atoms with Gasteiger partial charge in [-0.3, -0.25) is 9.48 Å². The fourth-order valence-corrected chi connectivity index (χ4v) is 3.18. The average Bonchev–Trinajstić information content (AvgIpc) is 3.33. The third kappa shape index (κ3) is 4.54. The maximum absolute atomic E-state index is 13.1. The number of alkyl halides is 5. The Bertz CT molecular complexity index is 894. The van der Waals surface area contributed by atoms with Crippen molar-refractivity contribution < 1.29 is 31.5 Å². The van der Waals surface area contributed by atoms with Gasteiger partial charge in [-0.05, 0) is 43.5 Å². The van der Waals surface area contributed by atoms with E-state index >= 15 is 0 Å². The van der Waals surface area contributed by atoms with Gasteiger partial charge in [0, 0.05) is 11.6 Å². The van der Waals surface area contributed by atoms with E-state index in [2.05, 4.69) is 15.2 Å². The Hall–Kier alpha value is -2.36. The zero-order chi connectivity index (χ0) is 20.6. The molecule has 1 fully saturated rings. The normalized spacial score (nSPS) is 14.4. The SMILES string of the molecule is Cc1cc(OC(F)F)ccc1NC(=O)Cn1nc(C(F)(F)F)c(Cl)c1C1CC1. The van der Waals surface area contributed by atoms with Crippen LogP contribution in [0.3, 0.4) is 0 Å². The summed E-state index contributed by atoms with van der Waals surface area (Å²) in [6.45, 7) is -1.87. The highest BCUT2D eigenvalue weighted by Crippen LogP contribution is 2.46. The summed E-state index contributed by atoms with van der Waals surface area (Å²) in [5.74, 6) is -0.855. The van der Waals surface area contributed by atoms with Crippen LogP contribution >= 0.6 is 11.6 Å². The lowest BCUT2D eigenvalue weighted by Crippen LogP contribution is -2.21. The van der Waals surface area contributed by atoms with E-state index in [9.17, 15) is 26.7 Å². The molecule has 0 spiro atoms. The number of anilines is 1. The van der Waals surface area contributed by atoms with E-state index in [1.165, 1.54) is 18.2 Å². The molecule has 0 aliphatic heterocycles. The topological polar surface area (TPSA) is 56.1 Å². The van der Waals surface area contributed by atoms with E-state index < -0.39 is 36.0 Å². The van der Waals surface area contributed by atoms with Crippen LogP contribution in [0.2, 0.25) is 5.02 Å². The van der Waals surface area contributed by atoms with Crippen molar-refractivity contribution in [3.05, 3.63) is 40.2 Å². The number of aryl methyl sites for hydroxylation is 1. The average molecular weight is 424 g/mol. The van der Waals surface area contributed by atoms with E-state index in [1.54, 1.807) is 6.92 Å². The van der Waals surface area contributed by atoms with Crippen LogP contribution in [-0.4, -0.2) is 22.3 Å². The Morgan fingerprint density at radius 1 is 1.39 bits per heavy atom. The van der Waals surface area contributed by atoms with Gasteiger partial charge in [0.1, 0.15) is 12.3 Å². The Morgan fingerprint density at radius 3 is 2.61 bits per heavy atom. The van der Waals surface area contributed by atoms with Crippen LogP contribution in [0.4, 0.5) is 27.6 Å². The summed E-state index contributed by atoms with van der Waals surface area (Å²) < 4.78 is 68.9. The molecule has 0 unspecified atom stereocenters. The Kier molecular flexibility index (Phi) is 5.51. The van der Waals surface area contributed by atoms with E-state index in [1.807, 2.05) is 0 Å². The van der Waals surface area contributed by atoms with Crippen LogP contribution in [-0.2, 0) is 17.5 Å². The van der Waals surface area contributed by atoms with Gasteiger partial charge in [0.05, 0.1) is 10.7 Å². The van der Waals surface area contributed by atoms with E-state index in [4.69, 9.17) is 11.6 Å². The Morgan fingerprint density at radius 2 is 2.07 bits per heavy atom. The molecule has 0 bridgehead atoms. The zero-order valence-corrected chi connectivity index (χ0v) is 15.2. The van der Waals surface area contributed by atoms with Crippen molar-refractivity contribution in [2.45, 2.75) is 45.0 Å². The maximum atomic E-state index is 13.1. The predicted molar refractivity (Wildman–Crippen MR) is 90.7 cm³/mol. The largest absolute Gasteiger partial charge is 0.436 e. The minimum Gasteiger partial charge on any atom is -0.435 e. The minimum absolute atomic E-state index is 0.0739. The van der Waals surface area contributed by atoms with Crippen LogP contribution in [0.25, 0.3) is 0 Å². The molecule has 0 radical (unpaired) electrons. The van der Waals surface area contributed by atoms with Gasteiger partial charge >= 0.3 is 12.8 Å². The summed E-state index contributed by atoms with van der Waals surface area (Å²) in [6, 6.07) is 3.92. The molecule has 28 heavy (non-hydrogen) atoms. The molecular formula is C17H15ClF5N3O2. The number of nitrogens with one attached hydrogen (secondary N) is 1. The van der Waals surface area contributed by atoms with Crippen LogP contribution in [0.5, 0.6) is 5.75 Å². The van der Waals surface area contributed by atoms with Crippen LogP contribution in [0, 0.1) is 6.92 Å². The standard InChI is InChI=1S/C17H15ClF5N3O2/c1-8-6-10(28-16(19)20)4-5-11(8)24-12(27)7-26-14(9-2-3-9)13(18)15(25-26)17(21,22)23/h4-6,9,16H,2-3,7H2,1H3,(H,24,27). The molecule has 5 nitrogen and oxygen atoms in total. The lowest BCUT2D eigenvalue weighted by atomic mass is 10.2. The van der Waals surface area contributed by atoms with Crippen molar-refractivity contribution in [1.29, 1.82) is 0 Å². The number of ether oxygens (including phenoxy) is 1. The van der Waals surface area contributed by atoms with Gasteiger partial charge in [-0.1, -0.05) is 11.6 Å². The first-order chi connectivity index (χ1) is 13.1. The molecule has 152 valence electrons. The molecule has 0 saturated heterocycles. The second-order valence-electron chi connectivity index (χ2n) is 6.38. The van der Waals surface area contributed by atoms with Crippen molar-refractivity contribution in [3.8, 4) is 5.75 Å². The molecule has 1 aliphatic carbocycles. The lowest BCUT2D eigenvalue weighted by Gasteiger charge is -2.12. The molecule has 1 heterocycles. The molecule has 1 amide bonds. The van der Waals surface area contributed by atoms with Crippen LogP contribution in [0.15, 0.2) is 18.2 Å². The summed E-state index contributed by atoms with van der Waals surface area (Å²) in [5, 5.41) is 5.54. The molecule has 3 rings (SSSR count). The molecule has 11 heteroatoms. The molecule has 1 aromatic heterocycles. The van der Waals surface area contributed by atoms with Crippen LogP contribution < -0.4 is 10.1 Å². The van der Waals surface area contributed by atoms with Gasteiger partial charge in [0.2, 0.25) is 5.91 Å². The number of nitrogens with zero attached hydrogens (tertiary/aromatic N) is 2. The molecule has 0 atom stereocenters. The first-order valence-corrected chi connectivity index (χ1v) is 8.62. The van der Waals surface area contributed by atoms with E-state index in [0.29, 0.717) is 24.1 Å². The Balaban J connectivity index is 1.77. The molecular weight excluding hydrogens is 409 g/mol. The summed E-state index contributed by atoms with van der Waals surface area (Å²) in [7, 11) is 0. The second-order valence-corrected chi connectivity index (χ2v) is 6.76. The number of hydrogen-bond donors (Lipinski definition) is 1. The highest BCUT2D eigenvalue weighted by atomic mass is 35.5. The summed E-state index contributed by atoms with van der Waals surface area (Å²) in [4.78, 5) is 12.3. The molecule has 2 aromatic rings. The Labute approximate surface area is 161 Å². The van der Waals surface area contributed by atoms with Crippen molar-refractivity contribution in [2.24, 2.45) is 0 Å². The number of halogens is 6. The third-order valence-corrected chi connectivity index (χ3v) is 4.53. The molecule has 1 saturated carbocycles.